The van der Waals surface area contributed by atoms with E-state index in [2.05, 4.69) is 0 Å². The maximum Gasteiger partial charge on any atom is 0.270 e. The highest BCUT2D eigenvalue weighted by Gasteiger charge is 2.07. The van der Waals surface area contributed by atoms with Gasteiger partial charge in [0.1, 0.15) is 0 Å². The van der Waals surface area contributed by atoms with Gasteiger partial charge in [0.05, 0.1) is 12.0 Å². The van der Waals surface area contributed by atoms with Gasteiger partial charge in [-0.1, -0.05) is 0 Å². The highest BCUT2D eigenvalue weighted by molar-refractivity contribution is 8.13. The summed E-state index contributed by atoms with van der Waals surface area (Å²) in [6.07, 6.45) is 2.90. The van der Waals surface area contributed by atoms with Crippen LogP contribution in [0.5, 0.6) is 0 Å². The third kappa shape index (κ3) is 1.99. The second kappa shape index (κ2) is 3.45. The van der Waals surface area contributed by atoms with E-state index in [-0.39, 0.29) is 16.5 Å². The quantitative estimate of drug-likeness (QED) is 0.359. The molecule has 0 N–H and O–H groups in total. The predicted molar refractivity (Wildman–Crippen MR) is 44.9 cm³/mol. The molecule has 4 nitrogen and oxygen atoms in total. The van der Waals surface area contributed by atoms with E-state index in [1.807, 2.05) is 0 Å². The molecule has 0 aliphatic carbocycles. The Morgan fingerprint density at radius 2 is 2.45 bits per heavy atom. The predicted octanol–water partition coefficient (Wildman–Crippen LogP) is 1.31. The molecular weight excluding hydrogens is 166 g/mol. The topological polar surface area (TPSA) is 52.4 Å². The first-order chi connectivity index (χ1) is 5.24. The van der Waals surface area contributed by atoms with Crippen LogP contribution in [-0.2, 0) is 4.18 Å². The molecule has 0 saturated carbocycles. The lowest BCUT2D eigenvalue weighted by Crippen LogP contribution is -1.97. The number of nitrogens with zero attached hydrogens (tertiary/aromatic N) is 1. The molecule has 0 aromatic heterocycles. The van der Waals surface area contributed by atoms with Gasteiger partial charge in [-0.25, -0.2) is 0 Å². The van der Waals surface area contributed by atoms with Gasteiger partial charge >= 0.3 is 0 Å². The molecule has 0 saturated heterocycles. The smallest absolute Gasteiger partial charge is 0.270 e. The van der Waals surface area contributed by atoms with Crippen LogP contribution >= 0.6 is 10.8 Å². The lowest BCUT2D eigenvalue weighted by atomic mass is 10.4. The molecule has 0 spiro atoms. The highest BCUT2D eigenvalue weighted by atomic mass is 32.2. The summed E-state index contributed by atoms with van der Waals surface area (Å²) in [7, 11) is 1.19. The first-order valence-corrected chi connectivity index (χ1v) is 4.16. The van der Waals surface area contributed by atoms with Crippen molar-refractivity contribution < 1.29 is 9.11 Å². The molecule has 1 aliphatic heterocycles. The third-order valence-corrected chi connectivity index (χ3v) is 2.34. The van der Waals surface area contributed by atoms with Crippen molar-refractivity contribution in [1.82, 2.24) is 0 Å². The Kier molecular flexibility index (Phi) is 2.56. The van der Waals surface area contributed by atoms with Crippen LogP contribution in [0.15, 0.2) is 23.3 Å². The molecule has 0 aromatic carbocycles. The number of hydrogen-bond acceptors (Lipinski definition) is 3. The fourth-order valence-electron chi connectivity index (χ4n) is 0.607. The van der Waals surface area contributed by atoms with Crippen LogP contribution in [0, 0.1) is 10.1 Å². The van der Waals surface area contributed by atoms with Crippen molar-refractivity contribution in [2.75, 3.05) is 7.11 Å². The molecular formula is C6H7NO3S. The number of allylic oxidation sites excluding steroid dienone is 2. The van der Waals surface area contributed by atoms with E-state index in [1.54, 1.807) is 17.9 Å². The Balaban J connectivity index is 2.81. The van der Waals surface area contributed by atoms with Crippen LogP contribution in [0.25, 0.3) is 0 Å². The Bertz CT molecular complexity index is 267. The van der Waals surface area contributed by atoms with Gasteiger partial charge in [0, 0.05) is 12.2 Å². The van der Waals surface area contributed by atoms with Crippen molar-refractivity contribution in [1.29, 1.82) is 0 Å². The van der Waals surface area contributed by atoms with E-state index in [0.29, 0.717) is 0 Å². The first kappa shape index (κ1) is 8.16. The molecule has 1 rings (SSSR count). The Hall–Kier alpha value is -0.940. The normalized spacial score (nSPS) is 22.3. The number of hydrogen-bond donors (Lipinski definition) is 0. The van der Waals surface area contributed by atoms with Crippen LogP contribution in [-0.4, -0.2) is 17.4 Å². The van der Waals surface area contributed by atoms with E-state index in [4.69, 9.17) is 4.18 Å². The molecule has 1 unspecified atom stereocenters. The summed E-state index contributed by atoms with van der Waals surface area (Å²) in [6, 6.07) is 0. The van der Waals surface area contributed by atoms with Gasteiger partial charge in [-0.05, 0) is 21.5 Å². The van der Waals surface area contributed by atoms with Crippen LogP contribution in [0.2, 0.25) is 0 Å². The fourth-order valence-corrected chi connectivity index (χ4v) is 1.47. The van der Waals surface area contributed by atoms with E-state index >= 15 is 0 Å². The van der Waals surface area contributed by atoms with Gasteiger partial charge in [0.15, 0.2) is 0 Å². The monoisotopic (exact) mass is 173 g/mol. The highest BCUT2D eigenvalue weighted by Crippen LogP contribution is 2.19. The molecule has 0 aromatic rings. The Morgan fingerprint density at radius 3 is 2.82 bits per heavy atom. The third-order valence-electron chi connectivity index (χ3n) is 1.15. The molecule has 1 atom stereocenters. The average molecular weight is 173 g/mol. The summed E-state index contributed by atoms with van der Waals surface area (Å²) in [5.74, 6) is 0. The Labute approximate surface area is 66.4 Å². The maximum absolute atomic E-state index is 10.2. The minimum Gasteiger partial charge on any atom is -0.322 e. The van der Waals surface area contributed by atoms with Gasteiger partial charge in [0.25, 0.3) is 5.70 Å². The molecule has 0 bridgehead atoms. The molecule has 11 heavy (non-hydrogen) atoms. The van der Waals surface area contributed by atoms with Crippen molar-refractivity contribution in [3.05, 3.63) is 33.4 Å². The van der Waals surface area contributed by atoms with Gasteiger partial charge < -0.3 is 4.18 Å². The van der Waals surface area contributed by atoms with Crippen molar-refractivity contribution in [2.24, 2.45) is 0 Å². The van der Waals surface area contributed by atoms with Crippen molar-refractivity contribution >= 4 is 16.1 Å². The summed E-state index contributed by atoms with van der Waals surface area (Å²) in [4.78, 5) is 9.75. The SMILES string of the molecule is COS1=CC=C([N+](=O)[O-])C=C1. The van der Waals surface area contributed by atoms with Gasteiger partial charge in [-0.15, -0.1) is 0 Å². The fraction of sp³-hybridized carbons (Fsp3) is 0.167. The second-order valence-corrected chi connectivity index (χ2v) is 3.32. The van der Waals surface area contributed by atoms with Gasteiger partial charge in [-0.2, -0.15) is 0 Å². The Morgan fingerprint density at radius 1 is 1.73 bits per heavy atom. The zero-order valence-electron chi connectivity index (χ0n) is 5.89. The van der Waals surface area contributed by atoms with E-state index < -0.39 is 4.92 Å². The molecule has 5 heteroatoms. The van der Waals surface area contributed by atoms with E-state index in [9.17, 15) is 10.1 Å². The summed E-state index contributed by atoms with van der Waals surface area (Å²) < 4.78 is 4.94. The van der Waals surface area contributed by atoms with Crippen molar-refractivity contribution in [2.45, 2.75) is 0 Å². The van der Waals surface area contributed by atoms with E-state index in [0.717, 1.165) is 0 Å². The number of nitro groups is 1. The summed E-state index contributed by atoms with van der Waals surface area (Å²) in [5.41, 5.74) is 0.103. The lowest BCUT2D eigenvalue weighted by molar-refractivity contribution is -0.418. The minimum atomic E-state index is -0.427. The zero-order valence-corrected chi connectivity index (χ0v) is 6.71. The molecule has 0 amide bonds. The van der Waals surface area contributed by atoms with Crippen LogP contribution in [0.3, 0.4) is 0 Å². The lowest BCUT2D eigenvalue weighted by Gasteiger charge is -2.00. The van der Waals surface area contributed by atoms with Crippen molar-refractivity contribution in [3.63, 3.8) is 0 Å². The van der Waals surface area contributed by atoms with E-state index in [1.165, 1.54) is 12.2 Å². The molecule has 1 aliphatic rings. The van der Waals surface area contributed by atoms with Crippen LogP contribution in [0.4, 0.5) is 0 Å². The summed E-state index contributed by atoms with van der Waals surface area (Å²) in [5, 5.41) is 13.5. The molecule has 0 fully saturated rings. The summed E-state index contributed by atoms with van der Waals surface area (Å²) in [6.45, 7) is 0. The largest absolute Gasteiger partial charge is 0.322 e. The molecule has 60 valence electrons. The summed E-state index contributed by atoms with van der Waals surface area (Å²) >= 11 is 0. The van der Waals surface area contributed by atoms with Crippen LogP contribution in [0.1, 0.15) is 0 Å². The average Bonchev–Trinajstić information content (AvgIpc) is 2.05. The number of rotatable bonds is 2. The zero-order chi connectivity index (χ0) is 8.27. The molecule has 0 radical (unpaired) electrons. The minimum absolute atomic E-state index is 0.103. The van der Waals surface area contributed by atoms with Crippen molar-refractivity contribution in [3.8, 4) is 0 Å². The molecule has 1 heterocycles. The van der Waals surface area contributed by atoms with Crippen LogP contribution < -0.4 is 0 Å². The second-order valence-electron chi connectivity index (χ2n) is 1.78. The van der Waals surface area contributed by atoms with Gasteiger partial charge in [-0.3, -0.25) is 10.1 Å². The maximum atomic E-state index is 10.2. The van der Waals surface area contributed by atoms with Gasteiger partial charge in [0.2, 0.25) is 0 Å². The standard InChI is InChI=1S/C6H7NO3S/c1-10-11-4-2-6(3-5-11)7(8)9/h2-5H,1H3. The first-order valence-electron chi connectivity index (χ1n) is 2.88.